The number of likely N-dealkylation sites (tertiary alicyclic amines) is 1. The van der Waals surface area contributed by atoms with E-state index >= 15 is 0 Å². The molecule has 28 heavy (non-hydrogen) atoms. The smallest absolute Gasteiger partial charge is 0.253 e. The number of nitrogens with zero attached hydrogens (tertiary/aromatic N) is 2. The lowest BCUT2D eigenvalue weighted by molar-refractivity contribution is -0.126. The van der Waals surface area contributed by atoms with Gasteiger partial charge in [-0.25, -0.2) is 5.43 Å². The van der Waals surface area contributed by atoms with Crippen molar-refractivity contribution in [3.63, 3.8) is 0 Å². The summed E-state index contributed by atoms with van der Waals surface area (Å²) < 4.78 is 0. The number of carbonyl (C=O) groups excluding carboxylic acids is 2. The van der Waals surface area contributed by atoms with Crippen LogP contribution in [0.4, 0.5) is 0 Å². The third kappa shape index (κ3) is 5.36. The molecule has 7 heteroatoms. The van der Waals surface area contributed by atoms with Crippen LogP contribution in [0, 0.1) is 5.92 Å². The summed E-state index contributed by atoms with van der Waals surface area (Å²) in [7, 11) is 0. The van der Waals surface area contributed by atoms with E-state index in [1.165, 1.54) is 4.90 Å². The van der Waals surface area contributed by atoms with E-state index in [0.717, 1.165) is 5.56 Å². The van der Waals surface area contributed by atoms with Crippen molar-refractivity contribution in [2.75, 3.05) is 19.3 Å². The summed E-state index contributed by atoms with van der Waals surface area (Å²) in [5, 5.41) is 4.66. The van der Waals surface area contributed by atoms with Gasteiger partial charge in [0, 0.05) is 34.5 Å². The second kappa shape index (κ2) is 9.75. The van der Waals surface area contributed by atoms with E-state index in [0.29, 0.717) is 36.5 Å². The number of thioether (sulfide) groups is 1. The first-order chi connectivity index (χ1) is 13.6. The molecule has 1 heterocycles. The lowest BCUT2D eigenvalue weighted by Gasteiger charge is -2.31. The van der Waals surface area contributed by atoms with Gasteiger partial charge in [-0.05, 0) is 61.1 Å². The van der Waals surface area contributed by atoms with Crippen LogP contribution in [0.5, 0.6) is 0 Å². The number of halogens is 1. The van der Waals surface area contributed by atoms with Gasteiger partial charge in [0.1, 0.15) is 0 Å². The van der Waals surface area contributed by atoms with Crippen LogP contribution in [-0.2, 0) is 4.79 Å². The zero-order chi connectivity index (χ0) is 19.9. The molecule has 1 aliphatic heterocycles. The van der Waals surface area contributed by atoms with Crippen molar-refractivity contribution in [2.24, 2.45) is 11.0 Å². The van der Waals surface area contributed by atoms with Crippen molar-refractivity contribution in [1.29, 1.82) is 0 Å². The maximum atomic E-state index is 12.5. The monoisotopic (exact) mass is 415 g/mol. The maximum absolute atomic E-state index is 12.5. The highest BCUT2D eigenvalue weighted by Gasteiger charge is 2.27. The highest BCUT2D eigenvalue weighted by Crippen LogP contribution is 2.20. The van der Waals surface area contributed by atoms with Crippen molar-refractivity contribution in [3.8, 4) is 0 Å². The molecule has 0 saturated carbocycles. The molecule has 2 aromatic carbocycles. The van der Waals surface area contributed by atoms with E-state index in [-0.39, 0.29) is 17.7 Å². The highest BCUT2D eigenvalue weighted by atomic mass is 35.5. The van der Waals surface area contributed by atoms with Gasteiger partial charge in [0.25, 0.3) is 5.91 Å². The average molecular weight is 416 g/mol. The first-order valence-electron chi connectivity index (χ1n) is 9.08. The molecule has 0 bridgehead atoms. The SMILES string of the molecule is CSc1ccc(/C=N\NC(=O)C2CCN(C(=O)c3ccc(Cl)cc3)CC2)cc1. The van der Waals surface area contributed by atoms with Crippen LogP contribution in [-0.4, -0.2) is 42.3 Å². The van der Waals surface area contributed by atoms with Crippen LogP contribution >= 0.6 is 23.4 Å². The van der Waals surface area contributed by atoms with Crippen molar-refractivity contribution in [1.82, 2.24) is 10.3 Å². The Labute approximate surface area is 174 Å². The second-order valence-corrected chi connectivity index (χ2v) is 7.90. The normalized spacial score (nSPS) is 15.0. The van der Waals surface area contributed by atoms with E-state index in [2.05, 4.69) is 10.5 Å². The summed E-state index contributed by atoms with van der Waals surface area (Å²) in [6.45, 7) is 1.11. The van der Waals surface area contributed by atoms with Gasteiger partial charge in [0.15, 0.2) is 0 Å². The molecule has 146 valence electrons. The Hall–Kier alpha value is -2.31. The summed E-state index contributed by atoms with van der Waals surface area (Å²) >= 11 is 7.55. The van der Waals surface area contributed by atoms with E-state index in [4.69, 9.17) is 11.6 Å². The predicted octanol–water partition coefficient (Wildman–Crippen LogP) is 4.06. The molecule has 0 unspecified atom stereocenters. The molecule has 2 aromatic rings. The topological polar surface area (TPSA) is 61.8 Å². The second-order valence-electron chi connectivity index (χ2n) is 6.58. The molecule has 0 radical (unpaired) electrons. The molecule has 2 amide bonds. The third-order valence-corrected chi connectivity index (χ3v) is 5.74. The Morgan fingerprint density at radius 3 is 2.36 bits per heavy atom. The van der Waals surface area contributed by atoms with Gasteiger partial charge >= 0.3 is 0 Å². The Balaban J connectivity index is 1.47. The molecule has 1 N–H and O–H groups in total. The van der Waals surface area contributed by atoms with Gasteiger partial charge in [-0.15, -0.1) is 11.8 Å². The van der Waals surface area contributed by atoms with Gasteiger partial charge in [-0.3, -0.25) is 9.59 Å². The van der Waals surface area contributed by atoms with E-state index in [1.807, 2.05) is 30.5 Å². The standard InChI is InChI=1S/C21H22ClN3O2S/c1-28-19-8-2-15(3-9-19)14-23-24-20(26)16-10-12-25(13-11-16)21(27)17-4-6-18(22)7-5-17/h2-9,14,16H,10-13H2,1H3,(H,24,26)/b23-14-. The number of hydrogen-bond donors (Lipinski definition) is 1. The minimum absolute atomic E-state index is 0.0257. The number of rotatable bonds is 5. The van der Waals surface area contributed by atoms with Gasteiger partial charge in [0.05, 0.1) is 6.21 Å². The van der Waals surface area contributed by atoms with Crippen LogP contribution < -0.4 is 5.43 Å². The van der Waals surface area contributed by atoms with Crippen molar-refractivity contribution >= 4 is 41.4 Å². The van der Waals surface area contributed by atoms with Crippen LogP contribution in [0.1, 0.15) is 28.8 Å². The molecular formula is C21H22ClN3O2S. The van der Waals surface area contributed by atoms with Gasteiger partial charge in [0.2, 0.25) is 5.91 Å². The van der Waals surface area contributed by atoms with E-state index in [9.17, 15) is 9.59 Å². The van der Waals surface area contributed by atoms with Crippen molar-refractivity contribution in [3.05, 3.63) is 64.7 Å². The summed E-state index contributed by atoms with van der Waals surface area (Å²) in [6, 6.07) is 14.8. The molecule has 0 spiro atoms. The zero-order valence-corrected chi connectivity index (χ0v) is 17.2. The lowest BCUT2D eigenvalue weighted by atomic mass is 9.95. The third-order valence-electron chi connectivity index (χ3n) is 4.75. The Kier molecular flexibility index (Phi) is 7.12. The van der Waals surface area contributed by atoms with Crippen LogP contribution in [0.2, 0.25) is 5.02 Å². The minimum Gasteiger partial charge on any atom is -0.339 e. The van der Waals surface area contributed by atoms with Crippen molar-refractivity contribution < 1.29 is 9.59 Å². The Morgan fingerprint density at radius 1 is 1.11 bits per heavy atom. The first kappa shape index (κ1) is 20.4. The fourth-order valence-corrected chi connectivity index (χ4v) is 3.61. The summed E-state index contributed by atoms with van der Waals surface area (Å²) in [4.78, 5) is 27.8. The van der Waals surface area contributed by atoms with Crippen molar-refractivity contribution in [2.45, 2.75) is 17.7 Å². The number of amides is 2. The maximum Gasteiger partial charge on any atom is 0.253 e. The van der Waals surface area contributed by atoms with Crippen LogP contribution in [0.25, 0.3) is 0 Å². The lowest BCUT2D eigenvalue weighted by Crippen LogP contribution is -2.42. The highest BCUT2D eigenvalue weighted by molar-refractivity contribution is 7.98. The molecule has 1 fully saturated rings. The molecule has 3 rings (SSSR count). The van der Waals surface area contributed by atoms with Gasteiger partial charge in [-0.2, -0.15) is 5.10 Å². The van der Waals surface area contributed by atoms with Gasteiger partial charge in [-0.1, -0.05) is 23.7 Å². The fourth-order valence-electron chi connectivity index (χ4n) is 3.07. The number of hydrazone groups is 1. The van der Waals surface area contributed by atoms with Crippen LogP contribution in [0.15, 0.2) is 58.5 Å². The summed E-state index contributed by atoms with van der Waals surface area (Å²) in [6.07, 6.45) is 4.92. The average Bonchev–Trinajstić information content (AvgIpc) is 2.74. The number of benzene rings is 2. The molecule has 1 aliphatic rings. The van der Waals surface area contributed by atoms with E-state index in [1.54, 1.807) is 47.1 Å². The van der Waals surface area contributed by atoms with Gasteiger partial charge < -0.3 is 4.90 Å². The predicted molar refractivity (Wildman–Crippen MR) is 114 cm³/mol. The Bertz CT molecular complexity index is 845. The number of carbonyl (C=O) groups is 2. The quantitative estimate of drug-likeness (QED) is 0.455. The molecule has 0 aromatic heterocycles. The first-order valence-corrected chi connectivity index (χ1v) is 10.7. The minimum atomic E-state index is -0.134. The number of hydrogen-bond acceptors (Lipinski definition) is 4. The number of nitrogens with one attached hydrogen (secondary N) is 1. The number of piperidine rings is 1. The van der Waals surface area contributed by atoms with E-state index < -0.39 is 0 Å². The molecule has 1 saturated heterocycles. The molecule has 0 atom stereocenters. The zero-order valence-electron chi connectivity index (χ0n) is 15.6. The molecular weight excluding hydrogens is 394 g/mol. The largest absolute Gasteiger partial charge is 0.339 e. The fraction of sp³-hybridized carbons (Fsp3) is 0.286. The molecule has 5 nitrogen and oxygen atoms in total. The molecule has 0 aliphatic carbocycles. The van der Waals surface area contributed by atoms with Crippen LogP contribution in [0.3, 0.4) is 0 Å². The summed E-state index contributed by atoms with van der Waals surface area (Å²) in [5.41, 5.74) is 4.17. The Morgan fingerprint density at radius 2 is 1.75 bits per heavy atom. The summed E-state index contributed by atoms with van der Waals surface area (Å²) in [5.74, 6) is -0.261.